The fourth-order valence-corrected chi connectivity index (χ4v) is 2.89. The van der Waals surface area contributed by atoms with Crippen molar-refractivity contribution >= 4 is 21.5 Å². The van der Waals surface area contributed by atoms with Crippen LogP contribution >= 0.6 is 0 Å². The molecule has 2 atom stereocenters. The standard InChI is InChI=1S/C20H23NO2/c1-14(23)20(2,13-22)21-12-16-7-5-9-19-17-8-4-3-6-15(17)10-11-18(16)19/h3-11,14,21-23H,12-13H2,1-2H3/t14-,20+/m0/s1. The summed E-state index contributed by atoms with van der Waals surface area (Å²) < 4.78 is 0. The maximum absolute atomic E-state index is 9.88. The summed E-state index contributed by atoms with van der Waals surface area (Å²) in [6.45, 7) is 4.01. The van der Waals surface area contributed by atoms with Crippen molar-refractivity contribution in [3.63, 3.8) is 0 Å². The summed E-state index contributed by atoms with van der Waals surface area (Å²) in [5.41, 5.74) is 0.451. The van der Waals surface area contributed by atoms with Gasteiger partial charge in [0.25, 0.3) is 0 Å². The lowest BCUT2D eigenvalue weighted by Gasteiger charge is -2.32. The quantitative estimate of drug-likeness (QED) is 0.634. The monoisotopic (exact) mass is 309 g/mol. The molecule has 0 spiro atoms. The zero-order chi connectivity index (χ0) is 16.4. The molecule has 3 nitrogen and oxygen atoms in total. The Hall–Kier alpha value is -1.94. The summed E-state index contributed by atoms with van der Waals surface area (Å²) in [4.78, 5) is 0. The summed E-state index contributed by atoms with van der Waals surface area (Å²) in [5, 5.41) is 27.6. The summed E-state index contributed by atoms with van der Waals surface area (Å²) in [7, 11) is 0. The molecule has 0 saturated carbocycles. The molecular formula is C20H23NO2. The molecule has 0 heterocycles. The van der Waals surface area contributed by atoms with Gasteiger partial charge >= 0.3 is 0 Å². The van der Waals surface area contributed by atoms with Crippen LogP contribution in [0.25, 0.3) is 21.5 Å². The van der Waals surface area contributed by atoms with Gasteiger partial charge in [0.15, 0.2) is 0 Å². The average Bonchev–Trinajstić information content (AvgIpc) is 2.59. The van der Waals surface area contributed by atoms with Crippen LogP contribution in [0.4, 0.5) is 0 Å². The number of hydrogen-bond donors (Lipinski definition) is 3. The predicted molar refractivity (Wildman–Crippen MR) is 95.5 cm³/mol. The van der Waals surface area contributed by atoms with Crippen LogP contribution in [0.2, 0.25) is 0 Å². The van der Waals surface area contributed by atoms with E-state index in [0.29, 0.717) is 6.54 Å². The lowest BCUT2D eigenvalue weighted by Crippen LogP contribution is -2.53. The molecule has 23 heavy (non-hydrogen) atoms. The highest BCUT2D eigenvalue weighted by Crippen LogP contribution is 2.28. The third-order valence-corrected chi connectivity index (χ3v) is 4.81. The average molecular weight is 309 g/mol. The van der Waals surface area contributed by atoms with Crippen LogP contribution in [-0.2, 0) is 6.54 Å². The van der Waals surface area contributed by atoms with Gasteiger partial charge in [0.2, 0.25) is 0 Å². The van der Waals surface area contributed by atoms with Gasteiger partial charge in [0.1, 0.15) is 0 Å². The zero-order valence-corrected chi connectivity index (χ0v) is 13.6. The van der Waals surface area contributed by atoms with E-state index in [1.54, 1.807) is 6.92 Å². The van der Waals surface area contributed by atoms with Gasteiger partial charge in [-0.05, 0) is 41.0 Å². The smallest absolute Gasteiger partial charge is 0.0713 e. The van der Waals surface area contributed by atoms with Crippen LogP contribution in [0.5, 0.6) is 0 Å². The lowest BCUT2D eigenvalue weighted by molar-refractivity contribution is 0.0404. The molecule has 0 aliphatic rings. The highest BCUT2D eigenvalue weighted by atomic mass is 16.3. The summed E-state index contributed by atoms with van der Waals surface area (Å²) in [6.07, 6.45) is -0.636. The van der Waals surface area contributed by atoms with Crippen LogP contribution in [-0.4, -0.2) is 28.5 Å². The highest BCUT2D eigenvalue weighted by molar-refractivity contribution is 6.08. The first-order valence-electron chi connectivity index (χ1n) is 7.98. The van der Waals surface area contributed by atoms with Crippen LogP contribution < -0.4 is 5.32 Å². The van der Waals surface area contributed by atoms with Crippen molar-refractivity contribution in [3.8, 4) is 0 Å². The van der Waals surface area contributed by atoms with Gasteiger partial charge in [0, 0.05) is 6.54 Å². The summed E-state index contributed by atoms with van der Waals surface area (Å²) in [6, 6.07) is 18.9. The van der Waals surface area contributed by atoms with E-state index in [0.717, 1.165) is 5.56 Å². The molecule has 3 aromatic carbocycles. The molecule has 0 aliphatic heterocycles. The number of hydrogen-bond acceptors (Lipinski definition) is 3. The Morgan fingerprint density at radius 1 is 0.957 bits per heavy atom. The molecule has 0 aromatic heterocycles. The van der Waals surface area contributed by atoms with E-state index in [2.05, 4.69) is 59.9 Å². The molecule has 3 aromatic rings. The van der Waals surface area contributed by atoms with E-state index in [1.165, 1.54) is 21.5 Å². The maximum atomic E-state index is 9.88. The van der Waals surface area contributed by atoms with Gasteiger partial charge in [-0.2, -0.15) is 0 Å². The fraction of sp³-hybridized carbons (Fsp3) is 0.300. The van der Waals surface area contributed by atoms with Gasteiger partial charge in [0.05, 0.1) is 18.2 Å². The van der Waals surface area contributed by atoms with Crippen LogP contribution in [0.3, 0.4) is 0 Å². The first kappa shape index (κ1) is 15.9. The first-order chi connectivity index (χ1) is 11.0. The minimum absolute atomic E-state index is 0.113. The van der Waals surface area contributed by atoms with E-state index in [4.69, 9.17) is 0 Å². The number of nitrogens with one attached hydrogen (secondary N) is 1. The molecule has 0 saturated heterocycles. The van der Waals surface area contributed by atoms with E-state index >= 15 is 0 Å². The van der Waals surface area contributed by atoms with Crippen molar-refractivity contribution in [2.24, 2.45) is 0 Å². The SMILES string of the molecule is C[C@H](O)[C@@](C)(CO)NCc1cccc2c1ccc1ccccc12. The van der Waals surface area contributed by atoms with Gasteiger partial charge in [-0.15, -0.1) is 0 Å². The molecule has 0 unspecified atom stereocenters. The largest absolute Gasteiger partial charge is 0.394 e. The number of fused-ring (bicyclic) bond motifs is 3. The maximum Gasteiger partial charge on any atom is 0.0713 e. The molecule has 3 heteroatoms. The zero-order valence-electron chi connectivity index (χ0n) is 13.6. The van der Waals surface area contributed by atoms with Gasteiger partial charge in [-0.1, -0.05) is 54.6 Å². The van der Waals surface area contributed by atoms with Crippen molar-refractivity contribution in [2.45, 2.75) is 32.0 Å². The minimum Gasteiger partial charge on any atom is -0.394 e. The Morgan fingerprint density at radius 3 is 2.43 bits per heavy atom. The number of benzene rings is 3. The second-order valence-corrected chi connectivity index (χ2v) is 6.40. The first-order valence-corrected chi connectivity index (χ1v) is 7.98. The molecule has 0 aliphatic carbocycles. The van der Waals surface area contributed by atoms with E-state index in [1.807, 2.05) is 6.92 Å². The van der Waals surface area contributed by atoms with E-state index in [-0.39, 0.29) is 6.61 Å². The Balaban J connectivity index is 2.00. The van der Waals surface area contributed by atoms with Crippen molar-refractivity contribution in [1.29, 1.82) is 0 Å². The molecule has 0 amide bonds. The molecule has 3 rings (SSSR count). The van der Waals surface area contributed by atoms with Crippen molar-refractivity contribution in [3.05, 3.63) is 60.2 Å². The van der Waals surface area contributed by atoms with Crippen LogP contribution in [0, 0.1) is 0 Å². The fourth-order valence-electron chi connectivity index (χ4n) is 2.89. The van der Waals surface area contributed by atoms with Crippen molar-refractivity contribution < 1.29 is 10.2 Å². The predicted octanol–water partition coefficient (Wildman–Crippen LogP) is 3.21. The Labute approximate surface area is 136 Å². The Bertz CT molecular complexity index is 828. The minimum atomic E-state index is -0.709. The highest BCUT2D eigenvalue weighted by Gasteiger charge is 2.28. The van der Waals surface area contributed by atoms with Crippen molar-refractivity contribution in [1.82, 2.24) is 5.32 Å². The Morgan fingerprint density at radius 2 is 1.70 bits per heavy atom. The van der Waals surface area contributed by atoms with E-state index < -0.39 is 11.6 Å². The van der Waals surface area contributed by atoms with Gasteiger partial charge in [-0.25, -0.2) is 0 Å². The molecule has 0 bridgehead atoms. The third-order valence-electron chi connectivity index (χ3n) is 4.81. The van der Waals surface area contributed by atoms with Crippen molar-refractivity contribution in [2.75, 3.05) is 6.61 Å². The topological polar surface area (TPSA) is 52.5 Å². The molecular weight excluding hydrogens is 286 g/mol. The molecule has 0 fully saturated rings. The number of rotatable bonds is 5. The van der Waals surface area contributed by atoms with Gasteiger partial charge < -0.3 is 15.5 Å². The molecule has 3 N–H and O–H groups in total. The normalized spacial score (nSPS) is 15.7. The second kappa shape index (κ2) is 6.28. The van der Waals surface area contributed by atoms with E-state index in [9.17, 15) is 10.2 Å². The number of aliphatic hydroxyl groups excluding tert-OH is 2. The molecule has 0 radical (unpaired) electrons. The van der Waals surface area contributed by atoms with Gasteiger partial charge in [-0.3, -0.25) is 0 Å². The number of aliphatic hydroxyl groups is 2. The second-order valence-electron chi connectivity index (χ2n) is 6.40. The lowest BCUT2D eigenvalue weighted by atomic mass is 9.95. The van der Waals surface area contributed by atoms with Crippen LogP contribution in [0.1, 0.15) is 19.4 Å². The summed E-state index contributed by atoms with van der Waals surface area (Å²) in [5.74, 6) is 0. The Kier molecular flexibility index (Phi) is 4.35. The molecule has 120 valence electrons. The third kappa shape index (κ3) is 2.95. The summed E-state index contributed by atoms with van der Waals surface area (Å²) >= 11 is 0. The van der Waals surface area contributed by atoms with Crippen LogP contribution in [0.15, 0.2) is 54.6 Å².